The zero-order chi connectivity index (χ0) is 32.9. The Labute approximate surface area is 255 Å². The summed E-state index contributed by atoms with van der Waals surface area (Å²) in [6.07, 6.45) is 1.99. The molecule has 2 aliphatic carbocycles. The second-order valence-corrected chi connectivity index (χ2v) is 14.4. The van der Waals surface area contributed by atoms with Gasteiger partial charge in [-0.05, 0) is 73.1 Å². The summed E-state index contributed by atoms with van der Waals surface area (Å²) in [5.41, 5.74) is -5.51. The predicted molar refractivity (Wildman–Crippen MR) is 154 cm³/mol. The third-order valence-electron chi connectivity index (χ3n) is 8.26. The quantitative estimate of drug-likeness (QED) is 0.303. The second kappa shape index (κ2) is 11.7. The van der Waals surface area contributed by atoms with Gasteiger partial charge < -0.3 is 15.4 Å². The molecule has 0 heterocycles. The molecule has 2 fully saturated rings. The predicted octanol–water partition coefficient (Wildman–Crippen LogP) is 4.23. The molecule has 0 radical (unpaired) electrons. The Morgan fingerprint density at radius 1 is 0.933 bits per heavy atom. The van der Waals surface area contributed by atoms with Gasteiger partial charge in [0.15, 0.2) is 0 Å². The summed E-state index contributed by atoms with van der Waals surface area (Å²) >= 11 is 0. The minimum atomic E-state index is -5.64. The average molecular weight is 670 g/mol. The van der Waals surface area contributed by atoms with Gasteiger partial charge in [-0.15, -0.1) is 0 Å². The maximum absolute atomic E-state index is 15.1. The highest BCUT2D eigenvalue weighted by Gasteiger charge is 2.52. The number of rotatable bonds is 8. The number of carbonyl (C=O) groups excluding carboxylic acids is 2. The molecule has 4 N–H and O–H groups in total. The van der Waals surface area contributed by atoms with Crippen molar-refractivity contribution < 1.29 is 48.7 Å². The zero-order valence-electron chi connectivity index (χ0n) is 23.5. The number of nitrogens with two attached hydrogens (primary N) is 1. The van der Waals surface area contributed by atoms with Gasteiger partial charge in [-0.1, -0.05) is 18.2 Å². The fourth-order valence-electron chi connectivity index (χ4n) is 6.15. The molecule has 45 heavy (non-hydrogen) atoms. The maximum Gasteiger partial charge on any atom is 0.501 e. The molecule has 0 spiro atoms. The van der Waals surface area contributed by atoms with Gasteiger partial charge in [0.25, 0.3) is 15.7 Å². The number of alkyl halides is 3. The van der Waals surface area contributed by atoms with Gasteiger partial charge >= 0.3 is 5.51 Å². The van der Waals surface area contributed by atoms with E-state index in [1.807, 2.05) is 0 Å². The Morgan fingerprint density at radius 3 is 2.22 bits per heavy atom. The molecule has 10 nitrogen and oxygen atoms in total. The van der Waals surface area contributed by atoms with Crippen LogP contribution in [-0.4, -0.2) is 47.3 Å². The molecule has 2 aliphatic rings. The number of benzene rings is 3. The Morgan fingerprint density at radius 2 is 1.60 bits per heavy atom. The highest BCUT2D eigenvalue weighted by atomic mass is 32.2. The zero-order valence-corrected chi connectivity index (χ0v) is 25.1. The first-order chi connectivity index (χ1) is 21.0. The van der Waals surface area contributed by atoms with Crippen molar-refractivity contribution >= 4 is 37.4 Å². The lowest BCUT2D eigenvalue weighted by Crippen LogP contribution is -2.48. The van der Waals surface area contributed by atoms with Gasteiger partial charge in [-0.3, -0.25) is 9.59 Å². The molecule has 2 saturated carbocycles. The Balaban J connectivity index is 1.40. The molecule has 240 valence electrons. The lowest BCUT2D eigenvalue weighted by molar-refractivity contribution is -0.122. The molecule has 5 rings (SSSR count). The van der Waals surface area contributed by atoms with Crippen molar-refractivity contribution in [3.8, 4) is 16.9 Å². The molecule has 3 aromatic rings. The molecule has 4 unspecified atom stereocenters. The van der Waals surface area contributed by atoms with Crippen LogP contribution in [0.4, 0.5) is 23.2 Å². The fraction of sp³-hybridized carbons (Fsp3) is 0.310. The first-order valence-corrected chi connectivity index (χ1v) is 16.6. The van der Waals surface area contributed by atoms with Gasteiger partial charge in [-0.2, -0.15) is 13.2 Å². The van der Waals surface area contributed by atoms with Crippen LogP contribution in [-0.2, 0) is 24.7 Å². The number of halogens is 4. The highest BCUT2D eigenvalue weighted by molar-refractivity contribution is 7.92. The third-order valence-corrected chi connectivity index (χ3v) is 10.7. The Bertz CT molecular complexity index is 1880. The van der Waals surface area contributed by atoms with Gasteiger partial charge in [0, 0.05) is 23.4 Å². The minimum Gasteiger partial charge on any atom is -0.496 e. The van der Waals surface area contributed by atoms with E-state index in [0.717, 1.165) is 24.3 Å². The fourth-order valence-corrected chi connectivity index (χ4v) is 7.47. The number of fused-ring (bicyclic) bond motifs is 2. The molecule has 0 saturated heterocycles. The van der Waals surface area contributed by atoms with Gasteiger partial charge in [0.2, 0.25) is 15.9 Å². The van der Waals surface area contributed by atoms with Crippen LogP contribution in [0.5, 0.6) is 5.75 Å². The summed E-state index contributed by atoms with van der Waals surface area (Å²) in [6, 6.07) is 10.4. The van der Waals surface area contributed by atoms with Crippen molar-refractivity contribution in [3.05, 3.63) is 72.0 Å². The Hall–Kier alpha value is -4.02. The van der Waals surface area contributed by atoms with E-state index in [1.54, 1.807) is 0 Å². The summed E-state index contributed by atoms with van der Waals surface area (Å²) in [7, 11) is -8.39. The number of methoxy groups -OCH3 is 1. The molecule has 4 atom stereocenters. The van der Waals surface area contributed by atoms with E-state index in [4.69, 9.17) is 9.88 Å². The standard InChI is InChI=1S/C29H27F4N3O7S2/c1-43-24-14-23(30)21(15-7-9-19(10-8-15)45(34,41)42)13-22(24)27(37)36-26-17-6-5-16(11-17)25(26)28(38)35-18-3-2-4-20(12-18)44(39,40)29(31,32)33/h2-4,7-10,12-14,16-17,25-26H,5-6,11H2,1H3,(H,35,38)(H,36,37)(H2,34,41,42). The van der Waals surface area contributed by atoms with Crippen molar-refractivity contribution in [2.45, 2.75) is 40.6 Å². The maximum atomic E-state index is 15.1. The van der Waals surface area contributed by atoms with E-state index in [-0.39, 0.29) is 44.9 Å². The summed E-state index contributed by atoms with van der Waals surface area (Å²) in [5, 5.41) is 10.5. The lowest BCUT2D eigenvalue weighted by Gasteiger charge is -2.31. The van der Waals surface area contributed by atoms with Crippen molar-refractivity contribution in [3.63, 3.8) is 0 Å². The third kappa shape index (κ3) is 6.26. The van der Waals surface area contributed by atoms with E-state index < -0.39 is 59.9 Å². The highest BCUT2D eigenvalue weighted by Crippen LogP contribution is 2.49. The van der Waals surface area contributed by atoms with Crippen LogP contribution in [0.2, 0.25) is 0 Å². The largest absolute Gasteiger partial charge is 0.501 e. The first-order valence-electron chi connectivity index (χ1n) is 13.5. The number of primary sulfonamides is 1. The number of ether oxygens (including phenoxy) is 1. The van der Waals surface area contributed by atoms with Crippen LogP contribution in [0.1, 0.15) is 29.6 Å². The number of anilines is 1. The summed E-state index contributed by atoms with van der Waals surface area (Å²) < 4.78 is 106. The summed E-state index contributed by atoms with van der Waals surface area (Å²) in [6.45, 7) is 0. The smallest absolute Gasteiger partial charge is 0.496 e. The van der Waals surface area contributed by atoms with Crippen molar-refractivity contribution in [1.82, 2.24) is 5.32 Å². The Kier molecular flexibility index (Phi) is 8.44. The van der Waals surface area contributed by atoms with Crippen molar-refractivity contribution in [1.29, 1.82) is 0 Å². The number of nitrogens with one attached hydrogen (secondary N) is 2. The number of hydrogen-bond donors (Lipinski definition) is 3. The molecule has 0 aromatic heterocycles. The van der Waals surface area contributed by atoms with Gasteiger partial charge in [0.05, 0.1) is 28.4 Å². The molecule has 3 aromatic carbocycles. The molecule has 2 bridgehead atoms. The normalized spacial score (nSPS) is 21.4. The minimum absolute atomic E-state index is 0.0298. The van der Waals surface area contributed by atoms with Crippen molar-refractivity contribution in [2.75, 3.05) is 12.4 Å². The van der Waals surface area contributed by atoms with E-state index >= 15 is 4.39 Å². The van der Waals surface area contributed by atoms with Crippen LogP contribution in [0.15, 0.2) is 70.5 Å². The van der Waals surface area contributed by atoms with Crippen LogP contribution < -0.4 is 20.5 Å². The average Bonchev–Trinajstić information content (AvgIpc) is 3.58. The van der Waals surface area contributed by atoms with Crippen LogP contribution in [0, 0.1) is 23.6 Å². The van der Waals surface area contributed by atoms with E-state index in [9.17, 15) is 39.6 Å². The van der Waals surface area contributed by atoms with Gasteiger partial charge in [-0.25, -0.2) is 26.4 Å². The number of amides is 2. The summed E-state index contributed by atoms with van der Waals surface area (Å²) in [5.74, 6) is -3.15. The molecular weight excluding hydrogens is 642 g/mol. The molecule has 0 aliphatic heterocycles. The number of sulfonamides is 1. The topological polar surface area (TPSA) is 162 Å². The first kappa shape index (κ1) is 32.4. The molecule has 16 heteroatoms. The van der Waals surface area contributed by atoms with Gasteiger partial charge in [0.1, 0.15) is 11.6 Å². The number of hydrogen-bond acceptors (Lipinski definition) is 7. The number of carbonyl (C=O) groups is 2. The van der Waals surface area contributed by atoms with Crippen LogP contribution >= 0.6 is 0 Å². The second-order valence-electron chi connectivity index (χ2n) is 10.9. The van der Waals surface area contributed by atoms with Crippen LogP contribution in [0.25, 0.3) is 11.1 Å². The summed E-state index contributed by atoms with van der Waals surface area (Å²) in [4.78, 5) is 25.8. The van der Waals surface area contributed by atoms with Crippen molar-refractivity contribution in [2.24, 2.45) is 22.9 Å². The van der Waals surface area contributed by atoms with E-state index in [0.29, 0.717) is 19.3 Å². The molecular formula is C29H27F4N3O7S2. The molecule has 2 amide bonds. The number of sulfone groups is 1. The van der Waals surface area contributed by atoms with E-state index in [1.165, 1.54) is 43.5 Å². The van der Waals surface area contributed by atoms with Crippen LogP contribution in [0.3, 0.4) is 0 Å². The SMILES string of the molecule is COc1cc(F)c(-c2ccc(S(N)(=O)=O)cc2)cc1C(=O)NC1C2CCC(C2)C1C(=O)Nc1cccc(S(=O)(=O)C(F)(F)F)c1. The monoisotopic (exact) mass is 669 g/mol. The van der Waals surface area contributed by atoms with E-state index in [2.05, 4.69) is 10.6 Å². The lowest BCUT2D eigenvalue weighted by atomic mass is 9.83.